The maximum atomic E-state index is 12.6. The van der Waals surface area contributed by atoms with E-state index in [4.69, 9.17) is 5.73 Å². The highest BCUT2D eigenvalue weighted by Gasteiger charge is 2.28. The standard InChI is InChI=1S/C17H24N4O2.ClH/c1-13(18)17(23)20-10-8-19(9-11-20)12-16(22)21-7-6-14-4-2-3-5-15(14)21;/h2-5,13H,6-12,18H2,1H3;1H. The number of piperazine rings is 1. The summed E-state index contributed by atoms with van der Waals surface area (Å²) in [4.78, 5) is 30.3. The number of para-hydroxylation sites is 1. The van der Waals surface area contributed by atoms with Gasteiger partial charge in [0.1, 0.15) is 0 Å². The number of fused-ring (bicyclic) bond motifs is 1. The van der Waals surface area contributed by atoms with Crippen LogP contribution in [0.15, 0.2) is 24.3 Å². The summed E-state index contributed by atoms with van der Waals surface area (Å²) in [5, 5.41) is 0. The lowest BCUT2D eigenvalue weighted by Crippen LogP contribution is -2.54. The van der Waals surface area contributed by atoms with Crippen molar-refractivity contribution in [3.63, 3.8) is 0 Å². The molecule has 0 aromatic heterocycles. The van der Waals surface area contributed by atoms with Gasteiger partial charge in [0.2, 0.25) is 11.8 Å². The van der Waals surface area contributed by atoms with E-state index in [9.17, 15) is 9.59 Å². The molecule has 2 aliphatic rings. The molecule has 6 nitrogen and oxygen atoms in total. The van der Waals surface area contributed by atoms with Crippen LogP contribution in [0, 0.1) is 0 Å². The molecule has 2 amide bonds. The van der Waals surface area contributed by atoms with Gasteiger partial charge in [0.05, 0.1) is 12.6 Å². The van der Waals surface area contributed by atoms with E-state index in [0.717, 1.165) is 31.7 Å². The number of carbonyl (C=O) groups excluding carboxylic acids is 2. The molecule has 0 aliphatic carbocycles. The van der Waals surface area contributed by atoms with Crippen LogP contribution >= 0.6 is 12.4 Å². The Balaban J connectivity index is 0.00000208. The van der Waals surface area contributed by atoms with Crippen LogP contribution in [0.3, 0.4) is 0 Å². The molecule has 7 heteroatoms. The van der Waals surface area contributed by atoms with Crippen LogP contribution in [0.25, 0.3) is 0 Å². The van der Waals surface area contributed by atoms with Gasteiger partial charge in [-0.2, -0.15) is 0 Å². The Labute approximate surface area is 149 Å². The highest BCUT2D eigenvalue weighted by molar-refractivity contribution is 5.96. The quantitative estimate of drug-likeness (QED) is 0.859. The molecule has 1 aromatic carbocycles. The smallest absolute Gasteiger partial charge is 0.241 e. The van der Waals surface area contributed by atoms with E-state index in [0.29, 0.717) is 19.6 Å². The van der Waals surface area contributed by atoms with E-state index in [2.05, 4.69) is 11.0 Å². The van der Waals surface area contributed by atoms with Gasteiger partial charge in [-0.3, -0.25) is 14.5 Å². The van der Waals surface area contributed by atoms with Gasteiger partial charge in [-0.1, -0.05) is 18.2 Å². The van der Waals surface area contributed by atoms with Crippen LogP contribution in [0.5, 0.6) is 0 Å². The summed E-state index contributed by atoms with van der Waals surface area (Å²) in [6.45, 7) is 5.62. The molecule has 1 fully saturated rings. The van der Waals surface area contributed by atoms with Gasteiger partial charge < -0.3 is 15.5 Å². The molecular formula is C17H25ClN4O2. The van der Waals surface area contributed by atoms with Crippen molar-refractivity contribution in [2.75, 3.05) is 44.2 Å². The minimum Gasteiger partial charge on any atom is -0.339 e. The Bertz CT molecular complexity index is 600. The average molecular weight is 353 g/mol. The molecule has 24 heavy (non-hydrogen) atoms. The normalized spacial score (nSPS) is 18.8. The van der Waals surface area contributed by atoms with Crippen molar-refractivity contribution in [1.29, 1.82) is 0 Å². The molecule has 1 unspecified atom stereocenters. The van der Waals surface area contributed by atoms with Crippen LogP contribution in [-0.4, -0.2) is 66.9 Å². The first-order chi connectivity index (χ1) is 11.1. The zero-order chi connectivity index (χ0) is 16.4. The number of nitrogens with zero attached hydrogens (tertiary/aromatic N) is 3. The first kappa shape index (κ1) is 18.7. The number of hydrogen-bond donors (Lipinski definition) is 1. The second-order valence-corrected chi connectivity index (χ2v) is 6.31. The van der Waals surface area contributed by atoms with E-state index in [1.54, 1.807) is 11.8 Å². The van der Waals surface area contributed by atoms with Crippen LogP contribution in [0.1, 0.15) is 12.5 Å². The molecule has 1 atom stereocenters. The van der Waals surface area contributed by atoms with Crippen molar-refractivity contribution in [2.24, 2.45) is 5.73 Å². The van der Waals surface area contributed by atoms with Crippen LogP contribution < -0.4 is 10.6 Å². The van der Waals surface area contributed by atoms with Crippen molar-refractivity contribution in [3.05, 3.63) is 29.8 Å². The van der Waals surface area contributed by atoms with Crippen molar-refractivity contribution in [1.82, 2.24) is 9.80 Å². The molecule has 2 heterocycles. The van der Waals surface area contributed by atoms with Crippen LogP contribution in [0.4, 0.5) is 5.69 Å². The van der Waals surface area contributed by atoms with Crippen molar-refractivity contribution in [3.8, 4) is 0 Å². The third kappa shape index (κ3) is 3.88. The number of nitrogens with two attached hydrogens (primary N) is 1. The topological polar surface area (TPSA) is 69.9 Å². The van der Waals surface area contributed by atoms with Gasteiger partial charge in [-0.05, 0) is 25.0 Å². The molecule has 2 aliphatic heterocycles. The van der Waals surface area contributed by atoms with Crippen molar-refractivity contribution >= 4 is 29.9 Å². The third-order valence-electron chi connectivity index (χ3n) is 4.62. The number of amides is 2. The predicted molar refractivity (Wildman–Crippen MR) is 96.4 cm³/mol. The summed E-state index contributed by atoms with van der Waals surface area (Å²) in [6, 6.07) is 7.63. The van der Waals surface area contributed by atoms with E-state index in [-0.39, 0.29) is 24.2 Å². The summed E-state index contributed by atoms with van der Waals surface area (Å²) in [7, 11) is 0. The van der Waals surface area contributed by atoms with Gasteiger partial charge in [0.25, 0.3) is 0 Å². The first-order valence-electron chi connectivity index (χ1n) is 8.21. The predicted octanol–water partition coefficient (Wildman–Crippen LogP) is 0.489. The van der Waals surface area contributed by atoms with Crippen LogP contribution in [-0.2, 0) is 16.0 Å². The van der Waals surface area contributed by atoms with Crippen LogP contribution in [0.2, 0.25) is 0 Å². The molecule has 1 saturated heterocycles. The maximum Gasteiger partial charge on any atom is 0.241 e. The lowest BCUT2D eigenvalue weighted by atomic mass is 10.2. The average Bonchev–Trinajstić information content (AvgIpc) is 2.99. The number of halogens is 1. The molecule has 132 valence electrons. The molecule has 0 spiro atoms. The first-order valence-corrected chi connectivity index (χ1v) is 8.21. The Morgan fingerprint density at radius 2 is 1.79 bits per heavy atom. The highest BCUT2D eigenvalue weighted by atomic mass is 35.5. The fourth-order valence-corrected chi connectivity index (χ4v) is 3.29. The Kier molecular flexibility index (Phi) is 6.21. The molecule has 1 aromatic rings. The minimum atomic E-state index is -0.454. The minimum absolute atomic E-state index is 0. The lowest BCUT2D eigenvalue weighted by Gasteiger charge is -2.35. The number of carbonyl (C=O) groups is 2. The molecule has 2 N–H and O–H groups in total. The monoisotopic (exact) mass is 352 g/mol. The summed E-state index contributed by atoms with van der Waals surface area (Å²) < 4.78 is 0. The van der Waals surface area contributed by atoms with E-state index >= 15 is 0 Å². The zero-order valence-electron chi connectivity index (χ0n) is 14.0. The Morgan fingerprint density at radius 3 is 2.46 bits per heavy atom. The number of hydrogen-bond acceptors (Lipinski definition) is 4. The van der Waals surface area contributed by atoms with E-state index in [1.807, 2.05) is 23.1 Å². The van der Waals surface area contributed by atoms with Gasteiger partial charge in [0.15, 0.2) is 0 Å². The molecule has 0 bridgehead atoms. The SMILES string of the molecule is CC(N)C(=O)N1CCN(CC(=O)N2CCc3ccccc32)CC1.Cl. The lowest BCUT2D eigenvalue weighted by molar-refractivity contribution is -0.134. The van der Waals surface area contributed by atoms with E-state index < -0.39 is 6.04 Å². The second-order valence-electron chi connectivity index (χ2n) is 6.31. The fourth-order valence-electron chi connectivity index (χ4n) is 3.29. The van der Waals surface area contributed by atoms with Crippen molar-refractivity contribution < 1.29 is 9.59 Å². The molecular weight excluding hydrogens is 328 g/mol. The third-order valence-corrected chi connectivity index (χ3v) is 4.62. The Morgan fingerprint density at radius 1 is 1.12 bits per heavy atom. The van der Waals surface area contributed by atoms with E-state index in [1.165, 1.54) is 5.56 Å². The zero-order valence-corrected chi connectivity index (χ0v) is 14.8. The maximum absolute atomic E-state index is 12.6. The summed E-state index contributed by atoms with van der Waals surface area (Å²) in [5.74, 6) is 0.131. The molecule has 0 radical (unpaired) electrons. The number of benzene rings is 1. The molecule has 3 rings (SSSR count). The number of anilines is 1. The van der Waals surface area contributed by atoms with Gasteiger partial charge in [0, 0.05) is 38.4 Å². The summed E-state index contributed by atoms with van der Waals surface area (Å²) >= 11 is 0. The highest BCUT2D eigenvalue weighted by Crippen LogP contribution is 2.27. The van der Waals surface area contributed by atoms with Gasteiger partial charge >= 0.3 is 0 Å². The van der Waals surface area contributed by atoms with Crippen molar-refractivity contribution in [2.45, 2.75) is 19.4 Å². The number of rotatable bonds is 3. The molecule has 0 saturated carbocycles. The fraction of sp³-hybridized carbons (Fsp3) is 0.529. The Hall–Kier alpha value is -1.63. The second kappa shape index (κ2) is 7.96. The largest absolute Gasteiger partial charge is 0.339 e. The summed E-state index contributed by atoms with van der Waals surface area (Å²) in [5.41, 5.74) is 7.93. The summed E-state index contributed by atoms with van der Waals surface area (Å²) in [6.07, 6.45) is 0.929. The van der Waals surface area contributed by atoms with Gasteiger partial charge in [-0.25, -0.2) is 0 Å². The van der Waals surface area contributed by atoms with Gasteiger partial charge in [-0.15, -0.1) is 12.4 Å².